The van der Waals surface area contributed by atoms with Gasteiger partial charge in [0.05, 0.1) is 0 Å². The minimum atomic E-state index is 0.0432. The van der Waals surface area contributed by atoms with Crippen molar-refractivity contribution in [2.45, 2.75) is 14.7 Å². The van der Waals surface area contributed by atoms with Gasteiger partial charge in [-0.1, -0.05) is 0 Å². The first kappa shape index (κ1) is 13.3. The summed E-state index contributed by atoms with van der Waals surface area (Å²) >= 11 is 0. The standard InChI is InChI=1S/C12H24S3/c1-13(2)10-7-11(14(3)4)9-12(8-10)15(5)6/h7-9,13-15H,1-6H3. The van der Waals surface area contributed by atoms with Crippen molar-refractivity contribution in [2.75, 3.05) is 37.5 Å². The maximum atomic E-state index is 2.43. The van der Waals surface area contributed by atoms with Crippen LogP contribution < -0.4 is 0 Å². The van der Waals surface area contributed by atoms with Gasteiger partial charge in [-0.25, -0.2) is 32.7 Å². The lowest BCUT2D eigenvalue weighted by atomic mass is 10.4. The molecule has 0 heterocycles. The molecule has 1 rings (SSSR count). The third-order valence-electron chi connectivity index (χ3n) is 2.44. The van der Waals surface area contributed by atoms with Crippen molar-refractivity contribution in [3.05, 3.63) is 18.2 Å². The van der Waals surface area contributed by atoms with Crippen molar-refractivity contribution in [1.82, 2.24) is 0 Å². The summed E-state index contributed by atoms with van der Waals surface area (Å²) in [6.07, 6.45) is 14.1. The second-order valence-corrected chi connectivity index (χ2v) is 11.3. The van der Waals surface area contributed by atoms with E-state index < -0.39 is 0 Å². The Morgan fingerprint density at radius 2 is 0.733 bits per heavy atom. The SMILES string of the molecule is C[SH](C)c1cc([SH](C)C)cc([SH](C)C)c1. The molecule has 0 aliphatic heterocycles. The summed E-state index contributed by atoms with van der Waals surface area (Å²) < 4.78 is 0. The molecule has 90 valence electrons. The highest BCUT2D eigenvalue weighted by Crippen LogP contribution is 2.41. The first-order valence-electron chi connectivity index (χ1n) is 5.09. The van der Waals surface area contributed by atoms with Crippen LogP contribution in [0.4, 0.5) is 0 Å². The number of benzene rings is 1. The van der Waals surface area contributed by atoms with Gasteiger partial charge in [-0.2, -0.15) is 0 Å². The summed E-state index contributed by atoms with van der Waals surface area (Å²) in [4.78, 5) is 4.72. The van der Waals surface area contributed by atoms with Gasteiger partial charge in [0.15, 0.2) is 0 Å². The van der Waals surface area contributed by atoms with Gasteiger partial charge in [0, 0.05) is 0 Å². The Hall–Kier alpha value is 0.270. The number of rotatable bonds is 3. The molecule has 0 aromatic heterocycles. The zero-order valence-electron chi connectivity index (χ0n) is 10.6. The van der Waals surface area contributed by atoms with Crippen LogP contribution in [-0.2, 0) is 0 Å². The molecule has 0 atom stereocenters. The lowest BCUT2D eigenvalue weighted by Gasteiger charge is -2.20. The topological polar surface area (TPSA) is 0 Å². The Morgan fingerprint density at radius 1 is 0.533 bits per heavy atom. The quantitative estimate of drug-likeness (QED) is 0.683. The lowest BCUT2D eigenvalue weighted by molar-refractivity contribution is 1.22. The van der Waals surface area contributed by atoms with E-state index in [0.29, 0.717) is 0 Å². The molecule has 0 N–H and O–H groups in total. The molecular formula is C12H24S3. The van der Waals surface area contributed by atoms with Crippen LogP contribution in [-0.4, -0.2) is 37.5 Å². The highest BCUT2D eigenvalue weighted by atomic mass is 32.2. The fourth-order valence-electron chi connectivity index (χ4n) is 1.35. The molecule has 0 bridgehead atoms. The molecular weight excluding hydrogens is 240 g/mol. The van der Waals surface area contributed by atoms with Gasteiger partial charge in [0.1, 0.15) is 0 Å². The Morgan fingerprint density at radius 3 is 0.867 bits per heavy atom. The lowest BCUT2D eigenvalue weighted by Crippen LogP contribution is -1.87. The van der Waals surface area contributed by atoms with Crippen LogP contribution >= 0.6 is 32.7 Å². The smallest absolute Gasteiger partial charge is 0.0109 e. The fraction of sp³-hybridized carbons (Fsp3) is 0.500. The first-order valence-corrected chi connectivity index (χ1v) is 11.8. The van der Waals surface area contributed by atoms with Crippen LogP contribution in [0.3, 0.4) is 0 Å². The van der Waals surface area contributed by atoms with E-state index in [1.54, 1.807) is 14.7 Å². The summed E-state index contributed by atoms with van der Waals surface area (Å²) in [5, 5.41) is 0. The van der Waals surface area contributed by atoms with Gasteiger partial charge >= 0.3 is 0 Å². The largest absolute Gasteiger partial charge is 0.233 e. The highest BCUT2D eigenvalue weighted by molar-refractivity contribution is 8.17. The molecule has 0 unspecified atom stereocenters. The molecule has 1 aromatic rings. The summed E-state index contributed by atoms with van der Waals surface area (Å²) in [5.41, 5.74) is 0. The van der Waals surface area contributed by atoms with E-state index in [2.05, 4.69) is 55.7 Å². The van der Waals surface area contributed by atoms with Gasteiger partial charge in [0.2, 0.25) is 0 Å². The van der Waals surface area contributed by atoms with Crippen LogP contribution in [0.2, 0.25) is 0 Å². The second kappa shape index (κ2) is 5.55. The van der Waals surface area contributed by atoms with Crippen molar-refractivity contribution in [3.63, 3.8) is 0 Å². The highest BCUT2D eigenvalue weighted by Gasteiger charge is 2.05. The van der Waals surface area contributed by atoms with Crippen molar-refractivity contribution >= 4 is 32.7 Å². The summed E-state index contributed by atoms with van der Waals surface area (Å²) in [6, 6.07) is 7.29. The molecule has 1 aromatic carbocycles. The normalized spacial score (nSPS) is 13.6. The molecule has 0 aliphatic carbocycles. The number of thiol groups is 3. The van der Waals surface area contributed by atoms with E-state index >= 15 is 0 Å². The summed E-state index contributed by atoms with van der Waals surface area (Å²) in [5.74, 6) is 0. The molecule has 0 aliphatic rings. The minimum absolute atomic E-state index is 0.0432. The Bertz CT molecular complexity index is 265. The van der Waals surface area contributed by atoms with E-state index in [4.69, 9.17) is 0 Å². The molecule has 0 saturated heterocycles. The van der Waals surface area contributed by atoms with E-state index in [0.717, 1.165) is 0 Å². The van der Waals surface area contributed by atoms with E-state index in [-0.39, 0.29) is 32.7 Å². The Kier molecular flexibility index (Phi) is 4.94. The fourth-order valence-corrected chi connectivity index (χ4v) is 4.04. The average Bonchev–Trinajstić information content (AvgIpc) is 2.16. The van der Waals surface area contributed by atoms with Gasteiger partial charge in [-0.15, -0.1) is 0 Å². The Balaban J connectivity index is 3.20. The third-order valence-corrected chi connectivity index (χ3v) is 6.31. The third kappa shape index (κ3) is 3.65. The van der Waals surface area contributed by atoms with Gasteiger partial charge in [0.25, 0.3) is 0 Å². The molecule has 0 spiro atoms. The second-order valence-electron chi connectivity index (χ2n) is 4.39. The minimum Gasteiger partial charge on any atom is -0.233 e. The van der Waals surface area contributed by atoms with E-state index in [1.807, 2.05) is 0 Å². The predicted molar refractivity (Wildman–Crippen MR) is 83.7 cm³/mol. The van der Waals surface area contributed by atoms with Crippen LogP contribution in [0, 0.1) is 0 Å². The molecule has 0 radical (unpaired) electrons. The first-order chi connectivity index (χ1) is 6.91. The number of hydrogen-bond acceptors (Lipinski definition) is 0. The zero-order chi connectivity index (χ0) is 11.6. The Labute approximate surface area is 103 Å². The maximum Gasteiger partial charge on any atom is -0.0109 e. The van der Waals surface area contributed by atoms with E-state index in [1.165, 1.54) is 0 Å². The molecule has 0 fully saturated rings. The molecule has 0 saturated carbocycles. The van der Waals surface area contributed by atoms with Crippen molar-refractivity contribution < 1.29 is 0 Å². The summed E-state index contributed by atoms with van der Waals surface area (Å²) in [7, 11) is 0.130. The van der Waals surface area contributed by atoms with Crippen LogP contribution in [0.25, 0.3) is 0 Å². The van der Waals surface area contributed by atoms with Crippen molar-refractivity contribution in [2.24, 2.45) is 0 Å². The molecule has 3 heteroatoms. The number of hydrogen-bond donors (Lipinski definition) is 3. The van der Waals surface area contributed by atoms with Crippen molar-refractivity contribution in [3.8, 4) is 0 Å². The molecule has 15 heavy (non-hydrogen) atoms. The van der Waals surface area contributed by atoms with Gasteiger partial charge in [-0.05, 0) is 70.4 Å². The van der Waals surface area contributed by atoms with Crippen molar-refractivity contribution in [1.29, 1.82) is 0 Å². The van der Waals surface area contributed by atoms with E-state index in [9.17, 15) is 0 Å². The predicted octanol–water partition coefficient (Wildman–Crippen LogP) is 3.55. The zero-order valence-corrected chi connectivity index (χ0v) is 13.3. The monoisotopic (exact) mass is 264 g/mol. The average molecular weight is 265 g/mol. The summed E-state index contributed by atoms with van der Waals surface area (Å²) in [6.45, 7) is 0. The molecule has 0 amide bonds. The van der Waals surface area contributed by atoms with Crippen LogP contribution in [0.5, 0.6) is 0 Å². The maximum absolute atomic E-state index is 2.43. The molecule has 0 nitrogen and oxygen atoms in total. The van der Waals surface area contributed by atoms with Gasteiger partial charge < -0.3 is 0 Å². The van der Waals surface area contributed by atoms with Gasteiger partial charge in [-0.3, -0.25) is 0 Å². The van der Waals surface area contributed by atoms with Crippen LogP contribution in [0.1, 0.15) is 0 Å². The van der Waals surface area contributed by atoms with Crippen LogP contribution in [0.15, 0.2) is 32.9 Å².